The molecule has 6 nitrogen and oxygen atoms in total. The molecular formula is C38H62CaO6S2. The first kappa shape index (κ1) is 46.5. The molecule has 0 fully saturated rings. The molecule has 0 saturated carbocycles. The van der Waals surface area contributed by atoms with Crippen LogP contribution in [0.5, 0.6) is 0 Å². The van der Waals surface area contributed by atoms with Crippen molar-refractivity contribution in [3.63, 3.8) is 0 Å². The number of rotatable bonds is 24. The zero-order valence-electron chi connectivity index (χ0n) is 30.0. The van der Waals surface area contributed by atoms with Crippen molar-refractivity contribution in [2.24, 2.45) is 0 Å². The van der Waals surface area contributed by atoms with Crippen LogP contribution < -0.4 is 0 Å². The van der Waals surface area contributed by atoms with Crippen molar-refractivity contribution in [3.8, 4) is 0 Å². The van der Waals surface area contributed by atoms with Gasteiger partial charge in [-0.25, -0.2) is 16.8 Å². The molecule has 47 heavy (non-hydrogen) atoms. The Kier molecular flexibility index (Phi) is 27.0. The molecule has 0 aliphatic heterocycles. The van der Waals surface area contributed by atoms with E-state index in [1.807, 2.05) is 26.0 Å². The largest absolute Gasteiger partial charge is 2.00 e. The Balaban J connectivity index is 0.000000882. The van der Waals surface area contributed by atoms with Gasteiger partial charge in [-0.3, -0.25) is 0 Å². The molecule has 0 aliphatic rings. The van der Waals surface area contributed by atoms with E-state index in [4.69, 9.17) is 0 Å². The van der Waals surface area contributed by atoms with Crippen molar-refractivity contribution >= 4 is 58.0 Å². The molecule has 0 aromatic heterocycles. The molecule has 2 aromatic rings. The Morgan fingerprint density at radius 2 is 0.702 bits per heavy atom. The molecule has 0 atom stereocenters. The number of aryl methyl sites for hydroxylation is 2. The van der Waals surface area contributed by atoms with Crippen LogP contribution in [-0.2, 0) is 33.1 Å². The first-order valence-corrected chi connectivity index (χ1v) is 20.8. The SMILES string of the molecule is CCCCCCCCCCCCc1c(C)cccc1S(=O)(=O)[O-].CCCCCCCCCCCCc1c(C)cccc1S(=O)(=O)[O-].[Ca+2]. The average Bonchev–Trinajstić information content (AvgIpc) is 2.99. The summed E-state index contributed by atoms with van der Waals surface area (Å²) in [5.74, 6) is 0. The molecule has 2 aromatic carbocycles. The first-order valence-electron chi connectivity index (χ1n) is 18.0. The van der Waals surface area contributed by atoms with E-state index in [0.29, 0.717) is 24.0 Å². The number of unbranched alkanes of at least 4 members (excludes halogenated alkanes) is 18. The van der Waals surface area contributed by atoms with Gasteiger partial charge >= 0.3 is 37.7 Å². The Bertz CT molecular complexity index is 1210. The Labute approximate surface area is 318 Å². The maximum atomic E-state index is 11.3. The second-order valence-electron chi connectivity index (χ2n) is 12.9. The monoisotopic (exact) mass is 718 g/mol. The molecule has 0 spiro atoms. The van der Waals surface area contributed by atoms with Crippen LogP contribution in [0.15, 0.2) is 46.2 Å². The van der Waals surface area contributed by atoms with Crippen molar-refractivity contribution in [1.29, 1.82) is 0 Å². The maximum absolute atomic E-state index is 11.3. The summed E-state index contributed by atoms with van der Waals surface area (Å²) in [5, 5.41) is 0. The molecule has 0 amide bonds. The van der Waals surface area contributed by atoms with Gasteiger partial charge in [0.15, 0.2) is 0 Å². The minimum atomic E-state index is -4.37. The van der Waals surface area contributed by atoms with Crippen LogP contribution >= 0.6 is 0 Å². The standard InChI is InChI=1S/2C19H32O3S.Ca/c2*1-3-4-5-6-7-8-9-10-11-12-15-18-17(2)14-13-16-19(18)23(20,21)22;/h2*13-14,16H,3-12,15H2,1-2H3,(H,20,21,22);/q;;+2/p-2. The fourth-order valence-corrected chi connectivity index (χ4v) is 7.66. The van der Waals surface area contributed by atoms with E-state index in [2.05, 4.69) is 13.8 Å². The molecule has 0 bridgehead atoms. The number of hydrogen-bond donors (Lipinski definition) is 0. The third kappa shape index (κ3) is 21.4. The molecule has 0 N–H and O–H groups in total. The van der Waals surface area contributed by atoms with Crippen LogP contribution in [0.3, 0.4) is 0 Å². The molecule has 264 valence electrons. The Morgan fingerprint density at radius 3 is 0.957 bits per heavy atom. The van der Waals surface area contributed by atoms with E-state index in [1.54, 1.807) is 12.1 Å². The second kappa shape index (κ2) is 27.3. The van der Waals surface area contributed by atoms with Gasteiger partial charge in [0.25, 0.3) is 0 Å². The van der Waals surface area contributed by atoms with E-state index >= 15 is 0 Å². The van der Waals surface area contributed by atoms with Gasteiger partial charge < -0.3 is 9.11 Å². The molecule has 2 rings (SSSR count). The third-order valence-corrected chi connectivity index (χ3v) is 10.7. The smallest absolute Gasteiger partial charge is 0.744 e. The second-order valence-corrected chi connectivity index (χ2v) is 15.6. The quantitative estimate of drug-likeness (QED) is 0.0606. The third-order valence-electron chi connectivity index (χ3n) is 8.83. The molecule has 0 radical (unpaired) electrons. The van der Waals surface area contributed by atoms with Crippen molar-refractivity contribution in [2.75, 3.05) is 0 Å². The van der Waals surface area contributed by atoms with Crippen LogP contribution in [0.1, 0.15) is 165 Å². The van der Waals surface area contributed by atoms with Crippen molar-refractivity contribution in [1.82, 2.24) is 0 Å². The summed E-state index contributed by atoms with van der Waals surface area (Å²) in [6.07, 6.45) is 26.3. The van der Waals surface area contributed by atoms with Crippen molar-refractivity contribution < 1.29 is 25.9 Å². The van der Waals surface area contributed by atoms with Gasteiger partial charge in [-0.15, -0.1) is 0 Å². The number of hydrogen-bond acceptors (Lipinski definition) is 6. The van der Waals surface area contributed by atoms with Crippen LogP contribution in [0, 0.1) is 13.8 Å². The summed E-state index contributed by atoms with van der Waals surface area (Å²) in [6, 6.07) is 9.90. The summed E-state index contributed by atoms with van der Waals surface area (Å²) in [4.78, 5) is -0.0677. The van der Waals surface area contributed by atoms with Gasteiger partial charge in [0.05, 0.1) is 9.79 Å². The fourth-order valence-electron chi connectivity index (χ4n) is 6.04. The predicted octanol–water partition coefficient (Wildman–Crippen LogP) is 10.3. The van der Waals surface area contributed by atoms with E-state index in [1.165, 1.54) is 115 Å². The van der Waals surface area contributed by atoms with Gasteiger partial charge in [0.1, 0.15) is 20.2 Å². The summed E-state index contributed by atoms with van der Waals surface area (Å²) >= 11 is 0. The molecule has 9 heteroatoms. The van der Waals surface area contributed by atoms with Crippen molar-refractivity contribution in [2.45, 2.75) is 179 Å². The van der Waals surface area contributed by atoms with Gasteiger partial charge in [-0.1, -0.05) is 154 Å². The average molecular weight is 719 g/mol. The Hall–Kier alpha value is -0.480. The minimum absolute atomic E-state index is 0. The van der Waals surface area contributed by atoms with Gasteiger partial charge in [-0.2, -0.15) is 0 Å². The zero-order valence-corrected chi connectivity index (χ0v) is 33.8. The van der Waals surface area contributed by atoms with Crippen LogP contribution in [0.2, 0.25) is 0 Å². The molecule has 0 saturated heterocycles. The van der Waals surface area contributed by atoms with E-state index in [9.17, 15) is 25.9 Å². The zero-order chi connectivity index (χ0) is 34.3. The van der Waals surface area contributed by atoms with E-state index < -0.39 is 20.2 Å². The van der Waals surface area contributed by atoms with Crippen LogP contribution in [0.4, 0.5) is 0 Å². The predicted molar refractivity (Wildman–Crippen MR) is 195 cm³/mol. The fraction of sp³-hybridized carbons (Fsp3) is 0.684. The molecule has 0 aliphatic carbocycles. The van der Waals surface area contributed by atoms with Crippen molar-refractivity contribution in [3.05, 3.63) is 58.7 Å². The summed E-state index contributed by atoms with van der Waals surface area (Å²) < 4.78 is 68.0. The number of benzene rings is 2. The van der Waals surface area contributed by atoms with E-state index in [-0.39, 0.29) is 47.5 Å². The van der Waals surface area contributed by atoms with Gasteiger partial charge in [0, 0.05) is 0 Å². The molecular weight excluding hydrogens is 657 g/mol. The van der Waals surface area contributed by atoms with Crippen LogP contribution in [-0.4, -0.2) is 63.7 Å². The van der Waals surface area contributed by atoms with E-state index in [0.717, 1.165) is 36.8 Å². The normalized spacial score (nSPS) is 11.5. The Morgan fingerprint density at radius 1 is 0.447 bits per heavy atom. The van der Waals surface area contributed by atoms with Gasteiger partial charge in [0.2, 0.25) is 0 Å². The first-order chi connectivity index (χ1) is 21.9. The maximum Gasteiger partial charge on any atom is 2.00 e. The summed E-state index contributed by atoms with van der Waals surface area (Å²) in [7, 11) is -8.74. The summed E-state index contributed by atoms with van der Waals surface area (Å²) in [6.45, 7) is 8.22. The molecule has 0 heterocycles. The van der Waals surface area contributed by atoms with Gasteiger partial charge in [-0.05, 0) is 73.9 Å². The topological polar surface area (TPSA) is 114 Å². The summed E-state index contributed by atoms with van der Waals surface area (Å²) in [5.41, 5.74) is 3.22. The van der Waals surface area contributed by atoms with Crippen LogP contribution in [0.25, 0.3) is 0 Å². The molecule has 0 unspecified atom stereocenters. The minimum Gasteiger partial charge on any atom is -0.744 e.